The number of hydrogen-bond acceptors (Lipinski definition) is 4. The van der Waals surface area contributed by atoms with Crippen molar-refractivity contribution in [3.05, 3.63) is 23.8 Å². The van der Waals surface area contributed by atoms with Crippen LogP contribution in [0.4, 0.5) is 0 Å². The fourth-order valence-corrected chi connectivity index (χ4v) is 2.83. The monoisotopic (exact) mass is 294 g/mol. The largest absolute Gasteiger partial charge is 0.490 e. The van der Waals surface area contributed by atoms with Gasteiger partial charge in [-0.25, -0.2) is 0 Å². The number of aliphatic hydroxyl groups is 1. The fourth-order valence-electron chi connectivity index (χ4n) is 2.83. The van der Waals surface area contributed by atoms with E-state index in [9.17, 15) is 15.0 Å². The Balaban J connectivity index is 2.40. The first-order valence-corrected chi connectivity index (χ1v) is 7.19. The van der Waals surface area contributed by atoms with Crippen molar-refractivity contribution in [1.82, 2.24) is 0 Å². The highest BCUT2D eigenvalue weighted by Crippen LogP contribution is 2.39. The quantitative estimate of drug-likeness (QED) is 0.892. The molecule has 0 fully saturated rings. The van der Waals surface area contributed by atoms with Crippen LogP contribution in [-0.2, 0) is 10.4 Å². The molecule has 0 aromatic heterocycles. The van der Waals surface area contributed by atoms with Gasteiger partial charge in [-0.3, -0.25) is 4.79 Å². The first kappa shape index (κ1) is 15.6. The highest BCUT2D eigenvalue weighted by atomic mass is 16.5. The molecule has 2 N–H and O–H groups in total. The van der Waals surface area contributed by atoms with Crippen LogP contribution >= 0.6 is 0 Å². The maximum absolute atomic E-state index is 11.5. The minimum atomic E-state index is -1.48. The molecule has 21 heavy (non-hydrogen) atoms. The lowest BCUT2D eigenvalue weighted by molar-refractivity contribution is -0.155. The van der Waals surface area contributed by atoms with Gasteiger partial charge in [0.2, 0.25) is 0 Å². The minimum absolute atomic E-state index is 0.200. The molecule has 0 bridgehead atoms. The van der Waals surface area contributed by atoms with E-state index in [0.717, 1.165) is 6.42 Å². The smallest absolute Gasteiger partial charge is 0.310 e. The van der Waals surface area contributed by atoms with Crippen molar-refractivity contribution >= 4 is 5.97 Å². The molecule has 2 atom stereocenters. The summed E-state index contributed by atoms with van der Waals surface area (Å²) in [6, 6.07) is 5.11. The molecule has 1 aliphatic rings. The lowest BCUT2D eigenvalue weighted by Gasteiger charge is -2.33. The highest BCUT2D eigenvalue weighted by molar-refractivity contribution is 5.72. The second kappa shape index (κ2) is 5.93. The molecule has 0 amide bonds. The van der Waals surface area contributed by atoms with Gasteiger partial charge >= 0.3 is 5.97 Å². The maximum Gasteiger partial charge on any atom is 0.310 e. The van der Waals surface area contributed by atoms with Gasteiger partial charge in [0, 0.05) is 6.42 Å². The molecule has 1 aromatic carbocycles. The number of carboxylic acids is 1. The van der Waals surface area contributed by atoms with Gasteiger partial charge in [-0.2, -0.15) is 0 Å². The van der Waals surface area contributed by atoms with Crippen molar-refractivity contribution in [3.63, 3.8) is 0 Å². The lowest BCUT2D eigenvalue weighted by atomic mass is 9.76. The van der Waals surface area contributed by atoms with Gasteiger partial charge in [-0.1, -0.05) is 19.9 Å². The molecule has 0 radical (unpaired) electrons. The van der Waals surface area contributed by atoms with Gasteiger partial charge in [0.1, 0.15) is 5.60 Å². The molecular formula is C16H22O5. The van der Waals surface area contributed by atoms with E-state index in [2.05, 4.69) is 0 Å². The van der Waals surface area contributed by atoms with Gasteiger partial charge in [-0.05, 0) is 30.5 Å². The lowest BCUT2D eigenvalue weighted by Crippen LogP contribution is -2.40. The Kier molecular flexibility index (Phi) is 4.42. The van der Waals surface area contributed by atoms with E-state index >= 15 is 0 Å². The van der Waals surface area contributed by atoms with E-state index in [0.29, 0.717) is 30.3 Å². The van der Waals surface area contributed by atoms with E-state index < -0.39 is 17.5 Å². The standard InChI is InChI=1S/C16H22O5/c1-10(2)14(15(17)18)16(3,19)11-5-6-12-13(9-11)21-8-4-7-20-12/h5-6,9-10,14,19H,4,7-8H2,1-3H3,(H,17,18). The molecule has 1 aliphatic heterocycles. The van der Waals surface area contributed by atoms with Crippen LogP contribution in [0.3, 0.4) is 0 Å². The summed E-state index contributed by atoms with van der Waals surface area (Å²) in [7, 11) is 0. The van der Waals surface area contributed by atoms with Crippen molar-refractivity contribution in [2.45, 2.75) is 32.8 Å². The van der Waals surface area contributed by atoms with Crippen LogP contribution in [0.5, 0.6) is 11.5 Å². The van der Waals surface area contributed by atoms with Crippen LogP contribution in [0.1, 0.15) is 32.8 Å². The van der Waals surface area contributed by atoms with E-state index in [-0.39, 0.29) is 5.92 Å². The third-order valence-electron chi connectivity index (χ3n) is 3.87. The Morgan fingerprint density at radius 1 is 1.24 bits per heavy atom. The molecule has 0 aliphatic carbocycles. The number of ether oxygens (including phenoxy) is 2. The summed E-state index contributed by atoms with van der Waals surface area (Å²) in [6.45, 7) is 6.25. The molecule has 5 nitrogen and oxygen atoms in total. The summed E-state index contributed by atoms with van der Waals surface area (Å²) in [6.07, 6.45) is 0.796. The number of aliphatic carboxylic acids is 1. The van der Waals surface area contributed by atoms with Crippen LogP contribution in [0.2, 0.25) is 0 Å². The zero-order chi connectivity index (χ0) is 15.6. The average molecular weight is 294 g/mol. The van der Waals surface area contributed by atoms with Crippen LogP contribution in [-0.4, -0.2) is 29.4 Å². The summed E-state index contributed by atoms with van der Waals surface area (Å²) in [5.41, 5.74) is -0.960. The number of benzene rings is 1. The van der Waals surface area contributed by atoms with Crippen molar-refractivity contribution in [1.29, 1.82) is 0 Å². The normalized spacial score (nSPS) is 18.7. The zero-order valence-corrected chi connectivity index (χ0v) is 12.6. The Labute approximate surface area is 124 Å². The van der Waals surface area contributed by atoms with Gasteiger partial charge in [0.05, 0.1) is 19.1 Å². The predicted octanol–water partition coefficient (Wildman–Crippen LogP) is 2.41. The second-order valence-corrected chi connectivity index (χ2v) is 5.92. The Morgan fingerprint density at radius 3 is 2.43 bits per heavy atom. The number of rotatable bonds is 4. The summed E-state index contributed by atoms with van der Waals surface area (Å²) < 4.78 is 11.1. The number of hydrogen-bond donors (Lipinski definition) is 2. The number of fused-ring (bicyclic) bond motifs is 1. The summed E-state index contributed by atoms with van der Waals surface area (Å²) in [5, 5.41) is 20.2. The minimum Gasteiger partial charge on any atom is -0.490 e. The van der Waals surface area contributed by atoms with Crippen molar-refractivity contribution in [2.24, 2.45) is 11.8 Å². The molecule has 1 heterocycles. The maximum atomic E-state index is 11.5. The molecule has 5 heteroatoms. The average Bonchev–Trinajstić information content (AvgIpc) is 2.61. The van der Waals surface area contributed by atoms with Crippen molar-refractivity contribution < 1.29 is 24.5 Å². The summed E-state index contributed by atoms with van der Waals surface area (Å²) >= 11 is 0. The zero-order valence-electron chi connectivity index (χ0n) is 12.6. The first-order chi connectivity index (χ1) is 9.84. The topological polar surface area (TPSA) is 76.0 Å². The third kappa shape index (κ3) is 3.13. The second-order valence-electron chi connectivity index (χ2n) is 5.92. The van der Waals surface area contributed by atoms with Gasteiger partial charge in [0.15, 0.2) is 11.5 Å². The van der Waals surface area contributed by atoms with Crippen molar-refractivity contribution in [2.75, 3.05) is 13.2 Å². The number of carbonyl (C=O) groups is 1. The SMILES string of the molecule is CC(C)C(C(=O)O)C(C)(O)c1ccc2c(c1)OCCCO2. The Hall–Kier alpha value is -1.75. The molecule has 0 saturated heterocycles. The molecule has 116 valence electrons. The van der Waals surface area contributed by atoms with Gasteiger partial charge in [-0.15, -0.1) is 0 Å². The summed E-state index contributed by atoms with van der Waals surface area (Å²) in [5.74, 6) is -0.931. The van der Waals surface area contributed by atoms with Crippen LogP contribution in [0.15, 0.2) is 18.2 Å². The van der Waals surface area contributed by atoms with Gasteiger partial charge < -0.3 is 19.7 Å². The van der Waals surface area contributed by atoms with Gasteiger partial charge in [0.25, 0.3) is 0 Å². The molecule has 0 saturated carbocycles. The molecular weight excluding hydrogens is 272 g/mol. The van der Waals surface area contributed by atoms with Crippen molar-refractivity contribution in [3.8, 4) is 11.5 Å². The third-order valence-corrected chi connectivity index (χ3v) is 3.87. The first-order valence-electron chi connectivity index (χ1n) is 7.19. The Bertz CT molecular complexity index is 521. The highest BCUT2D eigenvalue weighted by Gasteiger charge is 2.41. The van der Waals surface area contributed by atoms with E-state index in [4.69, 9.17) is 9.47 Å². The predicted molar refractivity (Wildman–Crippen MR) is 77.6 cm³/mol. The molecule has 1 aromatic rings. The Morgan fingerprint density at radius 2 is 1.86 bits per heavy atom. The molecule has 2 rings (SSSR count). The van der Waals surface area contributed by atoms with Crippen LogP contribution in [0.25, 0.3) is 0 Å². The van der Waals surface area contributed by atoms with Crippen LogP contribution < -0.4 is 9.47 Å². The fraction of sp³-hybridized carbons (Fsp3) is 0.562. The van der Waals surface area contributed by atoms with E-state index in [1.54, 1.807) is 32.0 Å². The van der Waals surface area contributed by atoms with Crippen LogP contribution in [0, 0.1) is 11.8 Å². The molecule has 2 unspecified atom stereocenters. The van der Waals surface area contributed by atoms with E-state index in [1.165, 1.54) is 6.92 Å². The van der Waals surface area contributed by atoms with E-state index in [1.807, 2.05) is 0 Å². The molecule has 0 spiro atoms. The summed E-state index contributed by atoms with van der Waals surface area (Å²) in [4.78, 5) is 11.5. The number of carboxylic acid groups (broad SMARTS) is 1.